The quantitative estimate of drug-likeness (QED) is 0.904. The molecule has 4 heteroatoms. The topological polar surface area (TPSA) is 48.1 Å². The van der Waals surface area contributed by atoms with E-state index in [0.29, 0.717) is 10.8 Å². The molecule has 0 saturated carbocycles. The number of nitrogens with zero attached hydrogens (tertiary/aromatic N) is 1. The highest BCUT2D eigenvalue weighted by Crippen LogP contribution is 2.22. The maximum absolute atomic E-state index is 5.79. The zero-order valence-electron chi connectivity index (χ0n) is 9.43. The molecule has 1 atom stereocenters. The average molecular weight is 249 g/mol. The zero-order chi connectivity index (χ0) is 12.3. The Labute approximate surface area is 105 Å². The maximum atomic E-state index is 5.79. The van der Waals surface area contributed by atoms with Crippen LogP contribution in [-0.4, -0.2) is 4.98 Å². The molecular weight excluding hydrogens is 236 g/mol. The van der Waals surface area contributed by atoms with Crippen LogP contribution >= 0.6 is 11.6 Å². The van der Waals surface area contributed by atoms with Crippen LogP contribution in [0.2, 0.25) is 5.02 Å². The van der Waals surface area contributed by atoms with Crippen LogP contribution in [0.25, 0.3) is 0 Å². The second-order valence-electron chi connectivity index (χ2n) is 3.76. The molecule has 2 aromatic rings. The van der Waals surface area contributed by atoms with Crippen LogP contribution in [0.15, 0.2) is 42.6 Å². The van der Waals surface area contributed by atoms with Crippen molar-refractivity contribution in [3.63, 3.8) is 0 Å². The van der Waals surface area contributed by atoms with Crippen molar-refractivity contribution in [2.75, 3.05) is 0 Å². The highest BCUT2D eigenvalue weighted by atomic mass is 35.5. The Hall–Kier alpha value is -1.58. The molecular formula is C13H13ClN2O. The summed E-state index contributed by atoms with van der Waals surface area (Å²) in [6.07, 6.45) is 1.66. The second kappa shape index (κ2) is 5.17. The molecule has 0 radical (unpaired) electrons. The highest BCUT2D eigenvalue weighted by molar-refractivity contribution is 6.30. The van der Waals surface area contributed by atoms with Crippen LogP contribution in [0.1, 0.15) is 18.7 Å². The summed E-state index contributed by atoms with van der Waals surface area (Å²) in [5.41, 5.74) is 6.56. The largest absolute Gasteiger partial charge is 0.456 e. The van der Waals surface area contributed by atoms with Crippen molar-refractivity contribution in [2.45, 2.75) is 13.0 Å². The average Bonchev–Trinajstić information content (AvgIpc) is 2.33. The van der Waals surface area contributed by atoms with Gasteiger partial charge in [-0.15, -0.1) is 0 Å². The molecule has 88 valence electrons. The highest BCUT2D eigenvalue weighted by Gasteiger charge is 2.02. The third-order valence-corrected chi connectivity index (χ3v) is 2.53. The molecule has 1 aromatic heterocycles. The number of aromatic nitrogens is 1. The number of nitrogens with two attached hydrogens (primary N) is 1. The van der Waals surface area contributed by atoms with Gasteiger partial charge < -0.3 is 10.5 Å². The maximum Gasteiger partial charge on any atom is 0.145 e. The van der Waals surface area contributed by atoms with Gasteiger partial charge in [0, 0.05) is 11.1 Å². The van der Waals surface area contributed by atoms with Crippen molar-refractivity contribution in [1.29, 1.82) is 0 Å². The number of pyridine rings is 1. The Kier molecular flexibility index (Phi) is 3.61. The van der Waals surface area contributed by atoms with Gasteiger partial charge in [0.05, 0.1) is 11.9 Å². The fourth-order valence-corrected chi connectivity index (χ4v) is 1.49. The monoisotopic (exact) mass is 248 g/mol. The van der Waals surface area contributed by atoms with Crippen LogP contribution < -0.4 is 10.5 Å². The lowest BCUT2D eigenvalue weighted by molar-refractivity contribution is 0.479. The summed E-state index contributed by atoms with van der Waals surface area (Å²) < 4.78 is 5.61. The van der Waals surface area contributed by atoms with Crippen LogP contribution in [0.4, 0.5) is 0 Å². The van der Waals surface area contributed by atoms with Gasteiger partial charge in [0.15, 0.2) is 0 Å². The summed E-state index contributed by atoms with van der Waals surface area (Å²) in [7, 11) is 0. The molecule has 1 heterocycles. The number of halogens is 1. The first-order valence-corrected chi connectivity index (χ1v) is 5.68. The molecule has 2 N–H and O–H groups in total. The smallest absolute Gasteiger partial charge is 0.145 e. The molecule has 0 saturated heterocycles. The minimum Gasteiger partial charge on any atom is -0.456 e. The summed E-state index contributed by atoms with van der Waals surface area (Å²) in [6.45, 7) is 1.89. The predicted molar refractivity (Wildman–Crippen MR) is 68.4 cm³/mol. The van der Waals surface area contributed by atoms with Crippen molar-refractivity contribution in [3.8, 4) is 11.5 Å². The number of rotatable bonds is 3. The van der Waals surface area contributed by atoms with Crippen LogP contribution in [0, 0.1) is 0 Å². The number of hydrogen-bond acceptors (Lipinski definition) is 3. The summed E-state index contributed by atoms with van der Waals surface area (Å²) >= 11 is 5.79. The molecule has 2 rings (SSSR count). The van der Waals surface area contributed by atoms with Crippen molar-refractivity contribution >= 4 is 11.6 Å². The van der Waals surface area contributed by atoms with Gasteiger partial charge in [-0.25, -0.2) is 0 Å². The number of benzene rings is 1. The third-order valence-electron chi connectivity index (χ3n) is 2.28. The van der Waals surface area contributed by atoms with E-state index in [1.165, 1.54) is 0 Å². The van der Waals surface area contributed by atoms with Crippen molar-refractivity contribution in [2.24, 2.45) is 5.73 Å². The van der Waals surface area contributed by atoms with Gasteiger partial charge in [0.1, 0.15) is 11.5 Å². The van der Waals surface area contributed by atoms with E-state index in [-0.39, 0.29) is 6.04 Å². The predicted octanol–water partition coefficient (Wildman–Crippen LogP) is 3.55. The third kappa shape index (κ3) is 3.19. The van der Waals surface area contributed by atoms with Gasteiger partial charge in [-0.05, 0) is 43.3 Å². The van der Waals surface area contributed by atoms with E-state index in [1.807, 2.05) is 31.2 Å². The summed E-state index contributed by atoms with van der Waals surface area (Å²) in [4.78, 5) is 4.22. The first-order chi connectivity index (χ1) is 8.15. The standard InChI is InChI=1S/C13H13ClN2O/c1-9(15)13-7-6-12(8-16-13)17-11-4-2-10(14)3-5-11/h2-9H,15H2,1H3/t9-/m1/s1. The molecule has 17 heavy (non-hydrogen) atoms. The van der Waals surface area contributed by atoms with Crippen LogP contribution in [0.3, 0.4) is 0 Å². The SMILES string of the molecule is C[C@@H](N)c1ccc(Oc2ccc(Cl)cc2)cn1. The van der Waals surface area contributed by atoms with Gasteiger partial charge in [-0.2, -0.15) is 0 Å². The van der Waals surface area contributed by atoms with Crippen molar-refractivity contribution < 1.29 is 4.74 Å². The molecule has 0 amide bonds. The van der Waals surface area contributed by atoms with E-state index in [9.17, 15) is 0 Å². The van der Waals surface area contributed by atoms with E-state index in [1.54, 1.807) is 18.3 Å². The lowest BCUT2D eigenvalue weighted by Crippen LogP contribution is -2.06. The van der Waals surface area contributed by atoms with Gasteiger partial charge in [-0.1, -0.05) is 11.6 Å². The molecule has 0 aliphatic carbocycles. The van der Waals surface area contributed by atoms with Crippen molar-refractivity contribution in [3.05, 3.63) is 53.3 Å². The zero-order valence-corrected chi connectivity index (χ0v) is 10.2. The van der Waals surface area contributed by atoms with Gasteiger partial charge in [0.2, 0.25) is 0 Å². The molecule has 3 nitrogen and oxygen atoms in total. The molecule has 0 spiro atoms. The summed E-state index contributed by atoms with van der Waals surface area (Å²) in [6, 6.07) is 10.8. The summed E-state index contributed by atoms with van der Waals surface area (Å²) in [5.74, 6) is 1.40. The minimum absolute atomic E-state index is 0.0698. The molecule has 0 unspecified atom stereocenters. The fraction of sp³-hybridized carbons (Fsp3) is 0.154. The molecule has 0 aliphatic heterocycles. The minimum atomic E-state index is -0.0698. The summed E-state index contributed by atoms with van der Waals surface area (Å²) in [5, 5.41) is 0.683. The Morgan fingerprint density at radius 1 is 1.12 bits per heavy atom. The van der Waals surface area contributed by atoms with Crippen LogP contribution in [0.5, 0.6) is 11.5 Å². The van der Waals surface area contributed by atoms with E-state index in [2.05, 4.69) is 4.98 Å². The van der Waals surface area contributed by atoms with E-state index >= 15 is 0 Å². The Morgan fingerprint density at radius 3 is 2.29 bits per heavy atom. The fourth-order valence-electron chi connectivity index (χ4n) is 1.36. The Balaban J connectivity index is 2.11. The molecule has 1 aromatic carbocycles. The van der Waals surface area contributed by atoms with E-state index in [0.717, 1.165) is 11.4 Å². The van der Waals surface area contributed by atoms with Gasteiger partial charge >= 0.3 is 0 Å². The number of hydrogen-bond donors (Lipinski definition) is 1. The lowest BCUT2D eigenvalue weighted by Gasteiger charge is -2.07. The normalized spacial score (nSPS) is 12.2. The van der Waals surface area contributed by atoms with Gasteiger partial charge in [0.25, 0.3) is 0 Å². The van der Waals surface area contributed by atoms with Crippen LogP contribution in [-0.2, 0) is 0 Å². The first-order valence-electron chi connectivity index (χ1n) is 5.30. The van der Waals surface area contributed by atoms with E-state index in [4.69, 9.17) is 22.1 Å². The number of ether oxygens (including phenoxy) is 1. The second-order valence-corrected chi connectivity index (χ2v) is 4.20. The Morgan fingerprint density at radius 2 is 1.76 bits per heavy atom. The lowest BCUT2D eigenvalue weighted by atomic mass is 10.2. The molecule has 0 aliphatic rings. The van der Waals surface area contributed by atoms with Gasteiger partial charge in [-0.3, -0.25) is 4.98 Å². The molecule has 0 bridgehead atoms. The Bertz CT molecular complexity index is 480. The van der Waals surface area contributed by atoms with Crippen molar-refractivity contribution in [1.82, 2.24) is 4.98 Å². The first kappa shape index (κ1) is 11.9. The van der Waals surface area contributed by atoms with E-state index < -0.39 is 0 Å². The molecule has 0 fully saturated rings.